The lowest BCUT2D eigenvalue weighted by Crippen LogP contribution is -2.09. The highest BCUT2D eigenvalue weighted by molar-refractivity contribution is 7.91. The van der Waals surface area contributed by atoms with Gasteiger partial charge in [0.25, 0.3) is 0 Å². The van der Waals surface area contributed by atoms with Gasteiger partial charge in [-0.25, -0.2) is 8.42 Å². The first-order chi connectivity index (χ1) is 10.1. The quantitative estimate of drug-likeness (QED) is 0.888. The molecule has 0 aliphatic heterocycles. The number of phenolic OH excluding ortho intramolecular Hbond substituents is 2. The summed E-state index contributed by atoms with van der Waals surface area (Å²) in [4.78, 5) is 0.0457. The van der Waals surface area contributed by atoms with Crippen LogP contribution in [0.3, 0.4) is 0 Å². The minimum absolute atomic E-state index is 0.0535. The summed E-state index contributed by atoms with van der Waals surface area (Å²) in [5, 5.41) is 20.0. The zero-order valence-corrected chi connectivity index (χ0v) is 14.2. The van der Waals surface area contributed by atoms with Crippen LogP contribution in [0.25, 0.3) is 0 Å². The Morgan fingerprint density at radius 3 is 2.00 bits per heavy atom. The van der Waals surface area contributed by atoms with Crippen LogP contribution in [0.1, 0.15) is 27.8 Å². The van der Waals surface area contributed by atoms with Crippen LogP contribution in [0.15, 0.2) is 28.0 Å². The number of aryl methyl sites for hydroxylation is 2. The Morgan fingerprint density at radius 1 is 0.818 bits per heavy atom. The Kier molecular flexibility index (Phi) is 3.96. The van der Waals surface area contributed by atoms with E-state index in [1.807, 2.05) is 6.92 Å². The average molecular weight is 320 g/mol. The molecule has 22 heavy (non-hydrogen) atoms. The Bertz CT molecular complexity index is 839. The second-order valence-electron chi connectivity index (χ2n) is 5.65. The van der Waals surface area contributed by atoms with Gasteiger partial charge in [-0.2, -0.15) is 0 Å². The standard InChI is InChI=1S/C17H20O4S/c1-9-8-10(2)16(19)17(11(9)3)22(20,21)15-7-6-14(18)12(4)13(15)5/h6-8,18-19H,1-5H3. The maximum absolute atomic E-state index is 13.0. The number of hydrogen-bond acceptors (Lipinski definition) is 4. The third kappa shape index (κ3) is 2.35. The molecule has 118 valence electrons. The van der Waals surface area contributed by atoms with Crippen LogP contribution in [0.4, 0.5) is 0 Å². The van der Waals surface area contributed by atoms with Crippen molar-refractivity contribution in [2.24, 2.45) is 0 Å². The monoisotopic (exact) mass is 320 g/mol. The normalized spacial score (nSPS) is 11.7. The molecule has 5 heteroatoms. The Balaban J connectivity index is 2.86. The molecule has 2 N–H and O–H groups in total. The first-order valence-electron chi connectivity index (χ1n) is 6.93. The van der Waals surface area contributed by atoms with Crippen LogP contribution in [-0.4, -0.2) is 18.6 Å². The fourth-order valence-electron chi connectivity index (χ4n) is 2.55. The van der Waals surface area contributed by atoms with Crippen LogP contribution < -0.4 is 0 Å². The second kappa shape index (κ2) is 5.32. The first-order valence-corrected chi connectivity index (χ1v) is 8.41. The van der Waals surface area contributed by atoms with E-state index in [1.54, 1.807) is 33.8 Å². The van der Waals surface area contributed by atoms with E-state index >= 15 is 0 Å². The van der Waals surface area contributed by atoms with Crippen LogP contribution in [0.5, 0.6) is 11.5 Å². The summed E-state index contributed by atoms with van der Waals surface area (Å²) in [6.45, 7) is 8.49. The lowest BCUT2D eigenvalue weighted by molar-refractivity contribution is 0.453. The van der Waals surface area contributed by atoms with Crippen molar-refractivity contribution in [2.45, 2.75) is 44.4 Å². The number of aromatic hydroxyl groups is 2. The molecule has 0 unspecified atom stereocenters. The van der Waals surface area contributed by atoms with Gasteiger partial charge in [0.2, 0.25) is 9.84 Å². The Hall–Kier alpha value is -2.01. The molecule has 0 aliphatic carbocycles. The van der Waals surface area contributed by atoms with Gasteiger partial charge in [0.05, 0.1) is 4.90 Å². The number of rotatable bonds is 2. The SMILES string of the molecule is Cc1cc(C)c(O)c(S(=O)(=O)c2ccc(O)c(C)c2C)c1C. The number of hydrogen-bond donors (Lipinski definition) is 2. The van der Waals surface area contributed by atoms with Crippen LogP contribution >= 0.6 is 0 Å². The molecule has 0 radical (unpaired) electrons. The summed E-state index contributed by atoms with van der Waals surface area (Å²) < 4.78 is 26.0. The van der Waals surface area contributed by atoms with E-state index < -0.39 is 9.84 Å². The van der Waals surface area contributed by atoms with Crippen molar-refractivity contribution in [1.29, 1.82) is 0 Å². The van der Waals surface area contributed by atoms with Crippen LogP contribution in [-0.2, 0) is 9.84 Å². The van der Waals surface area contributed by atoms with Gasteiger partial charge in [0, 0.05) is 0 Å². The maximum Gasteiger partial charge on any atom is 0.210 e. The summed E-state index contributed by atoms with van der Waals surface area (Å²) in [5.41, 5.74) is 2.87. The molecule has 0 aromatic heterocycles. The van der Waals surface area contributed by atoms with Gasteiger partial charge in [0.1, 0.15) is 16.4 Å². The zero-order chi connectivity index (χ0) is 16.8. The molecular weight excluding hydrogens is 300 g/mol. The molecule has 4 nitrogen and oxygen atoms in total. The van der Waals surface area contributed by atoms with Crippen LogP contribution in [0, 0.1) is 34.6 Å². The topological polar surface area (TPSA) is 74.6 Å². The predicted octanol–water partition coefficient (Wildman–Crippen LogP) is 3.47. The minimum atomic E-state index is -3.88. The average Bonchev–Trinajstić information content (AvgIpc) is 2.42. The van der Waals surface area contributed by atoms with Gasteiger partial charge in [-0.1, -0.05) is 6.07 Å². The van der Waals surface area contributed by atoms with E-state index in [-0.39, 0.29) is 21.3 Å². The van der Waals surface area contributed by atoms with Gasteiger partial charge in [-0.15, -0.1) is 0 Å². The van der Waals surface area contributed by atoms with E-state index in [1.165, 1.54) is 12.1 Å². The fraction of sp³-hybridized carbons (Fsp3) is 0.294. The molecule has 2 aromatic carbocycles. The minimum Gasteiger partial charge on any atom is -0.508 e. The number of phenols is 2. The lowest BCUT2D eigenvalue weighted by atomic mass is 10.1. The third-order valence-electron chi connectivity index (χ3n) is 4.22. The van der Waals surface area contributed by atoms with E-state index in [4.69, 9.17) is 0 Å². The van der Waals surface area contributed by atoms with E-state index in [0.717, 1.165) is 5.56 Å². The molecule has 0 aliphatic rings. The highest BCUT2D eigenvalue weighted by Crippen LogP contribution is 2.38. The molecule has 2 aromatic rings. The zero-order valence-electron chi connectivity index (χ0n) is 13.4. The van der Waals surface area contributed by atoms with Crippen molar-refractivity contribution in [3.8, 4) is 11.5 Å². The molecule has 0 bridgehead atoms. The Morgan fingerprint density at radius 2 is 1.41 bits per heavy atom. The Labute approximate surface area is 131 Å². The first kappa shape index (κ1) is 16.4. The van der Waals surface area contributed by atoms with Crippen LogP contribution in [0.2, 0.25) is 0 Å². The van der Waals surface area contributed by atoms with Crippen molar-refractivity contribution >= 4 is 9.84 Å². The summed E-state index contributed by atoms with van der Waals surface area (Å²) in [5.74, 6) is -0.161. The van der Waals surface area contributed by atoms with Gasteiger partial charge < -0.3 is 10.2 Å². The second-order valence-corrected chi connectivity index (χ2v) is 7.50. The molecule has 0 spiro atoms. The molecule has 0 saturated heterocycles. The van der Waals surface area contributed by atoms with Crippen molar-refractivity contribution in [3.05, 3.63) is 46.0 Å². The maximum atomic E-state index is 13.0. The highest BCUT2D eigenvalue weighted by Gasteiger charge is 2.28. The summed E-state index contributed by atoms with van der Waals surface area (Å²) in [6, 6.07) is 4.51. The lowest BCUT2D eigenvalue weighted by Gasteiger charge is -2.16. The highest BCUT2D eigenvalue weighted by atomic mass is 32.2. The molecule has 0 amide bonds. The number of benzene rings is 2. The van der Waals surface area contributed by atoms with E-state index in [9.17, 15) is 18.6 Å². The fourth-order valence-corrected chi connectivity index (χ4v) is 4.55. The predicted molar refractivity (Wildman–Crippen MR) is 85.4 cm³/mol. The summed E-state index contributed by atoms with van der Waals surface area (Å²) in [6.07, 6.45) is 0. The van der Waals surface area contributed by atoms with Crippen molar-refractivity contribution < 1.29 is 18.6 Å². The van der Waals surface area contributed by atoms with Crippen molar-refractivity contribution in [1.82, 2.24) is 0 Å². The van der Waals surface area contributed by atoms with Gasteiger partial charge in [0.15, 0.2) is 0 Å². The molecule has 2 rings (SSSR count). The van der Waals surface area contributed by atoms with E-state index in [2.05, 4.69) is 0 Å². The molecule has 0 saturated carbocycles. The molecular formula is C17H20O4S. The largest absolute Gasteiger partial charge is 0.508 e. The van der Waals surface area contributed by atoms with E-state index in [0.29, 0.717) is 22.3 Å². The molecule has 0 fully saturated rings. The summed E-state index contributed by atoms with van der Waals surface area (Å²) >= 11 is 0. The molecule has 0 atom stereocenters. The van der Waals surface area contributed by atoms with Crippen molar-refractivity contribution in [3.63, 3.8) is 0 Å². The number of sulfone groups is 1. The van der Waals surface area contributed by atoms with Gasteiger partial charge >= 0.3 is 0 Å². The third-order valence-corrected chi connectivity index (χ3v) is 6.28. The van der Waals surface area contributed by atoms with Gasteiger partial charge in [-0.05, 0) is 74.6 Å². The van der Waals surface area contributed by atoms with Gasteiger partial charge in [-0.3, -0.25) is 0 Å². The molecule has 0 heterocycles. The smallest absolute Gasteiger partial charge is 0.210 e. The summed E-state index contributed by atoms with van der Waals surface area (Å²) in [7, 11) is -3.88. The van der Waals surface area contributed by atoms with Crippen molar-refractivity contribution in [2.75, 3.05) is 0 Å².